The molecular weight excluding hydrogens is 448 g/mol. The Kier molecular flexibility index (Phi) is 5.70. The number of ether oxygens (including phenoxy) is 1. The van der Waals surface area contributed by atoms with Crippen molar-refractivity contribution >= 4 is 28.9 Å². The highest BCUT2D eigenvalue weighted by Gasteiger charge is 2.42. The van der Waals surface area contributed by atoms with Crippen LogP contribution in [-0.4, -0.2) is 35.0 Å². The number of anilines is 2. The molecule has 9 nitrogen and oxygen atoms in total. The number of H-pyrrole nitrogens is 1. The molecule has 2 aromatic carbocycles. The summed E-state index contributed by atoms with van der Waals surface area (Å²) >= 11 is 0. The van der Waals surface area contributed by atoms with E-state index in [4.69, 9.17) is 4.74 Å². The summed E-state index contributed by atoms with van der Waals surface area (Å²) in [6.07, 6.45) is 0.564. The summed E-state index contributed by atoms with van der Waals surface area (Å²) < 4.78 is 6.63. The predicted octanol–water partition coefficient (Wildman–Crippen LogP) is 2.70. The first kappa shape index (κ1) is 22.5. The molecule has 1 aliphatic heterocycles. The van der Waals surface area contributed by atoms with Crippen LogP contribution in [0.5, 0.6) is 0 Å². The number of nitrogens with one attached hydrogen (secondary N) is 3. The van der Waals surface area contributed by atoms with E-state index in [1.165, 1.54) is 11.5 Å². The Morgan fingerprint density at radius 3 is 2.46 bits per heavy atom. The number of methoxy groups -OCH3 is 1. The largest absolute Gasteiger partial charge is 0.385 e. The van der Waals surface area contributed by atoms with Gasteiger partial charge in [-0.25, -0.2) is 4.79 Å². The molecule has 0 saturated carbocycles. The molecule has 0 radical (unpaired) electrons. The van der Waals surface area contributed by atoms with Crippen molar-refractivity contribution in [1.82, 2.24) is 9.55 Å². The molecule has 3 aromatic rings. The molecule has 0 unspecified atom stereocenters. The topological polar surface area (TPSA) is 122 Å². The number of nitrogens with zero attached hydrogens (tertiary/aromatic N) is 1. The number of hydrogen-bond acceptors (Lipinski definition) is 6. The van der Waals surface area contributed by atoms with Gasteiger partial charge in [-0.05, 0) is 24.1 Å². The minimum absolute atomic E-state index is 0.166. The molecule has 35 heavy (non-hydrogen) atoms. The molecule has 0 saturated heterocycles. The van der Waals surface area contributed by atoms with E-state index in [1.54, 1.807) is 43.5 Å². The molecule has 1 amide bonds. The van der Waals surface area contributed by atoms with Gasteiger partial charge in [0.25, 0.3) is 5.56 Å². The van der Waals surface area contributed by atoms with Crippen LogP contribution in [-0.2, 0) is 16.1 Å². The van der Waals surface area contributed by atoms with Crippen molar-refractivity contribution in [2.24, 2.45) is 0 Å². The Morgan fingerprint density at radius 1 is 1.06 bits per heavy atom. The Labute approximate surface area is 200 Å². The van der Waals surface area contributed by atoms with Crippen molar-refractivity contribution in [3.8, 4) is 0 Å². The fourth-order valence-corrected chi connectivity index (χ4v) is 4.84. The zero-order valence-electron chi connectivity index (χ0n) is 19.3. The van der Waals surface area contributed by atoms with Crippen LogP contribution in [0.1, 0.15) is 46.3 Å². The molecule has 1 aromatic heterocycles. The highest BCUT2D eigenvalue weighted by molar-refractivity contribution is 6.23. The zero-order valence-corrected chi connectivity index (χ0v) is 19.3. The van der Waals surface area contributed by atoms with Gasteiger partial charge in [0, 0.05) is 55.5 Å². The van der Waals surface area contributed by atoms with Gasteiger partial charge < -0.3 is 15.4 Å². The standard InChI is InChI=1S/C26H24N4O5/c1-14(31)27-16-10-8-15(9-11-16)19-20-22(17-6-3-4-7-18(17)23(20)32)28-24-21(19)25(33)29-26(34)30(24)12-5-13-35-2/h3-4,6-11,19,28H,5,12-13H2,1-2H3,(H,27,31)(H,29,33,34)/t19-/m1/s1. The normalized spacial score (nSPS) is 15.8. The number of carbonyl (C=O) groups is 2. The van der Waals surface area contributed by atoms with Crippen LogP contribution in [0.4, 0.5) is 11.5 Å². The van der Waals surface area contributed by atoms with Gasteiger partial charge in [-0.15, -0.1) is 0 Å². The second kappa shape index (κ2) is 8.84. The van der Waals surface area contributed by atoms with Crippen molar-refractivity contribution in [1.29, 1.82) is 0 Å². The zero-order chi connectivity index (χ0) is 24.7. The van der Waals surface area contributed by atoms with E-state index < -0.39 is 17.2 Å². The third kappa shape index (κ3) is 3.79. The molecule has 9 heteroatoms. The molecule has 178 valence electrons. The molecule has 0 spiro atoms. The van der Waals surface area contributed by atoms with Gasteiger partial charge in [0.1, 0.15) is 5.82 Å². The monoisotopic (exact) mass is 472 g/mol. The van der Waals surface area contributed by atoms with E-state index in [1.807, 2.05) is 12.1 Å². The van der Waals surface area contributed by atoms with Crippen LogP contribution in [0.25, 0.3) is 5.70 Å². The van der Waals surface area contributed by atoms with Crippen LogP contribution in [0, 0.1) is 0 Å². The number of carbonyl (C=O) groups excluding carboxylic acids is 2. The van der Waals surface area contributed by atoms with Gasteiger partial charge in [-0.2, -0.15) is 0 Å². The summed E-state index contributed by atoms with van der Waals surface area (Å²) in [6, 6.07) is 14.3. The van der Waals surface area contributed by atoms with Gasteiger partial charge in [-0.1, -0.05) is 36.4 Å². The average Bonchev–Trinajstić information content (AvgIpc) is 3.12. The van der Waals surface area contributed by atoms with Gasteiger partial charge in [-0.3, -0.25) is 23.9 Å². The summed E-state index contributed by atoms with van der Waals surface area (Å²) in [5.74, 6) is -0.700. The second-order valence-corrected chi connectivity index (χ2v) is 8.54. The van der Waals surface area contributed by atoms with Gasteiger partial charge in [0.2, 0.25) is 5.91 Å². The lowest BCUT2D eigenvalue weighted by Crippen LogP contribution is -2.38. The molecule has 2 aliphatic rings. The van der Waals surface area contributed by atoms with Gasteiger partial charge >= 0.3 is 5.69 Å². The molecule has 3 N–H and O–H groups in total. The number of allylic oxidation sites excluding steroid dienone is 1. The van der Waals surface area contributed by atoms with E-state index in [2.05, 4.69) is 15.6 Å². The number of aromatic amines is 1. The third-order valence-electron chi connectivity index (χ3n) is 6.31. The molecular formula is C26H24N4O5. The van der Waals surface area contributed by atoms with Crippen molar-refractivity contribution in [2.75, 3.05) is 24.4 Å². The third-order valence-corrected chi connectivity index (χ3v) is 6.31. The summed E-state index contributed by atoms with van der Waals surface area (Å²) in [5, 5.41) is 5.99. The lowest BCUT2D eigenvalue weighted by atomic mass is 9.81. The van der Waals surface area contributed by atoms with Crippen LogP contribution in [0.3, 0.4) is 0 Å². The fraction of sp³-hybridized carbons (Fsp3) is 0.231. The van der Waals surface area contributed by atoms with Crippen LogP contribution in [0.15, 0.2) is 63.7 Å². The number of ketones is 1. The maximum absolute atomic E-state index is 13.6. The van der Waals surface area contributed by atoms with Crippen molar-refractivity contribution in [3.63, 3.8) is 0 Å². The van der Waals surface area contributed by atoms with Crippen LogP contribution < -0.4 is 21.9 Å². The first-order chi connectivity index (χ1) is 16.9. The number of amides is 1. The Hall–Kier alpha value is -4.24. The summed E-state index contributed by atoms with van der Waals surface area (Å²) in [4.78, 5) is 53.4. The van der Waals surface area contributed by atoms with Gasteiger partial charge in [0.05, 0.1) is 11.3 Å². The number of Topliss-reactive ketones (excluding diaryl/α,β-unsaturated/α-hetero) is 1. The quantitative estimate of drug-likeness (QED) is 0.474. The highest BCUT2D eigenvalue weighted by Crippen LogP contribution is 2.47. The first-order valence-electron chi connectivity index (χ1n) is 11.3. The van der Waals surface area contributed by atoms with Crippen LogP contribution in [0.2, 0.25) is 0 Å². The number of aromatic nitrogens is 2. The van der Waals surface area contributed by atoms with Gasteiger partial charge in [0.15, 0.2) is 5.78 Å². The SMILES string of the molecule is COCCCn1c2c(c(=O)[nH]c1=O)[C@H](c1ccc(NC(C)=O)cc1)C1=C(N2)c2ccccc2C1=O. The van der Waals surface area contributed by atoms with E-state index in [0.717, 1.165) is 5.56 Å². The minimum Gasteiger partial charge on any atom is -0.385 e. The molecule has 0 fully saturated rings. The molecule has 2 heterocycles. The number of benzene rings is 2. The molecule has 1 atom stereocenters. The Balaban J connectivity index is 1.73. The fourth-order valence-electron chi connectivity index (χ4n) is 4.84. The lowest BCUT2D eigenvalue weighted by molar-refractivity contribution is -0.114. The Morgan fingerprint density at radius 2 is 1.77 bits per heavy atom. The average molecular weight is 473 g/mol. The maximum atomic E-state index is 13.6. The van der Waals surface area contributed by atoms with Crippen LogP contribution >= 0.6 is 0 Å². The summed E-state index contributed by atoms with van der Waals surface area (Å²) in [7, 11) is 1.59. The number of rotatable bonds is 6. The van der Waals surface area contributed by atoms with E-state index >= 15 is 0 Å². The minimum atomic E-state index is -0.703. The van der Waals surface area contributed by atoms with E-state index in [-0.39, 0.29) is 11.7 Å². The van der Waals surface area contributed by atoms with Crippen molar-refractivity contribution in [3.05, 3.63) is 97.2 Å². The number of hydrogen-bond donors (Lipinski definition) is 3. The van der Waals surface area contributed by atoms with E-state index in [0.29, 0.717) is 59.0 Å². The Bertz CT molecular complexity index is 1500. The summed E-state index contributed by atoms with van der Waals surface area (Å²) in [6.45, 7) is 2.19. The van der Waals surface area contributed by atoms with Crippen molar-refractivity contribution < 1.29 is 14.3 Å². The maximum Gasteiger partial charge on any atom is 0.329 e. The highest BCUT2D eigenvalue weighted by atomic mass is 16.5. The molecule has 5 rings (SSSR count). The molecule has 1 aliphatic carbocycles. The second-order valence-electron chi connectivity index (χ2n) is 8.54. The van der Waals surface area contributed by atoms with Crippen molar-refractivity contribution in [2.45, 2.75) is 25.8 Å². The predicted molar refractivity (Wildman–Crippen MR) is 132 cm³/mol. The smallest absolute Gasteiger partial charge is 0.329 e. The lowest BCUT2D eigenvalue weighted by Gasteiger charge is -2.29. The van der Waals surface area contributed by atoms with E-state index in [9.17, 15) is 19.2 Å². The first-order valence-corrected chi connectivity index (χ1v) is 11.3. The number of fused-ring (bicyclic) bond motifs is 3. The summed E-state index contributed by atoms with van der Waals surface area (Å²) in [5.41, 5.74) is 2.85. The molecule has 0 bridgehead atoms.